The van der Waals surface area contributed by atoms with Crippen LogP contribution in [0.25, 0.3) is 0 Å². The number of hydrogen-bond donors (Lipinski definition) is 2. The molecule has 0 unspecified atom stereocenters. The number of rotatable bonds is 4. The molecule has 1 aliphatic heterocycles. The number of benzene rings is 1. The molecule has 1 heterocycles. The number of likely N-dealkylation sites (tertiary alicyclic amines) is 1. The van der Waals surface area contributed by atoms with Crippen LogP contribution in [0.4, 0.5) is 13.2 Å². The Morgan fingerprint density at radius 3 is 2.78 bits per heavy atom. The van der Waals surface area contributed by atoms with E-state index in [0.717, 1.165) is 0 Å². The third kappa shape index (κ3) is 5.31. The van der Waals surface area contributed by atoms with Crippen molar-refractivity contribution in [2.24, 2.45) is 4.99 Å². The van der Waals surface area contributed by atoms with Crippen molar-refractivity contribution in [3.8, 4) is 5.75 Å². The highest BCUT2D eigenvalue weighted by Gasteiger charge is 2.32. The van der Waals surface area contributed by atoms with E-state index in [4.69, 9.17) is 0 Å². The van der Waals surface area contributed by atoms with Gasteiger partial charge in [0.2, 0.25) is 0 Å². The number of aliphatic hydroxyl groups excluding tert-OH is 1. The summed E-state index contributed by atoms with van der Waals surface area (Å²) in [5, 5.41) is 12.7. The van der Waals surface area contributed by atoms with E-state index in [1.165, 1.54) is 12.1 Å². The molecule has 1 atom stereocenters. The minimum Gasteiger partial charge on any atom is -0.405 e. The molecule has 8 heteroatoms. The smallest absolute Gasteiger partial charge is 0.405 e. The van der Waals surface area contributed by atoms with Crippen molar-refractivity contribution in [2.45, 2.75) is 32.4 Å². The van der Waals surface area contributed by atoms with E-state index in [0.29, 0.717) is 37.6 Å². The van der Waals surface area contributed by atoms with Crippen LogP contribution in [0.5, 0.6) is 5.75 Å². The summed E-state index contributed by atoms with van der Waals surface area (Å²) in [6, 6.07) is 5.94. The first-order valence-electron chi connectivity index (χ1n) is 7.44. The number of nitrogens with one attached hydrogen (secondary N) is 1. The van der Waals surface area contributed by atoms with Gasteiger partial charge in [0.15, 0.2) is 5.96 Å². The molecular weight excluding hydrogens is 311 g/mol. The first-order valence-corrected chi connectivity index (χ1v) is 7.44. The van der Waals surface area contributed by atoms with Crippen LogP contribution in [0.3, 0.4) is 0 Å². The van der Waals surface area contributed by atoms with Crippen LogP contribution in [-0.2, 0) is 6.54 Å². The summed E-state index contributed by atoms with van der Waals surface area (Å²) in [4.78, 5) is 6.25. The molecular formula is C15H20F3N3O2. The molecule has 128 valence electrons. The molecule has 0 aromatic heterocycles. The molecule has 1 aromatic carbocycles. The topological polar surface area (TPSA) is 57.1 Å². The van der Waals surface area contributed by atoms with E-state index in [-0.39, 0.29) is 12.3 Å². The molecule has 0 saturated carbocycles. The summed E-state index contributed by atoms with van der Waals surface area (Å²) >= 11 is 0. The average Bonchev–Trinajstić information content (AvgIpc) is 2.90. The van der Waals surface area contributed by atoms with Crippen LogP contribution in [0, 0.1) is 0 Å². The number of β-amino-alcohol motifs (C(OH)–C–C–N with tert-alkyl or cyclic N) is 1. The van der Waals surface area contributed by atoms with Crippen LogP contribution in [0.2, 0.25) is 0 Å². The molecule has 0 radical (unpaired) electrons. The Hall–Kier alpha value is -1.96. The SMILES string of the molecule is CCNC(=NCc1ccccc1OC(F)(F)F)N1CC[C@@H](O)C1. The molecule has 1 aromatic rings. The van der Waals surface area contributed by atoms with Crippen molar-refractivity contribution in [3.63, 3.8) is 0 Å². The Morgan fingerprint density at radius 2 is 2.17 bits per heavy atom. The second-order valence-electron chi connectivity index (χ2n) is 5.21. The number of nitrogens with zero attached hydrogens (tertiary/aromatic N) is 2. The maximum Gasteiger partial charge on any atom is 0.573 e. The van der Waals surface area contributed by atoms with Gasteiger partial charge in [0, 0.05) is 25.2 Å². The maximum absolute atomic E-state index is 12.4. The Balaban J connectivity index is 2.13. The number of ether oxygens (including phenoxy) is 1. The van der Waals surface area contributed by atoms with Crippen molar-refractivity contribution >= 4 is 5.96 Å². The minimum absolute atomic E-state index is 0.0567. The first kappa shape index (κ1) is 17.4. The van der Waals surface area contributed by atoms with Gasteiger partial charge in [-0.3, -0.25) is 0 Å². The number of para-hydroxylation sites is 1. The summed E-state index contributed by atoms with van der Waals surface area (Å²) in [5.74, 6) is 0.326. The van der Waals surface area contributed by atoms with Gasteiger partial charge in [-0.25, -0.2) is 4.99 Å². The largest absolute Gasteiger partial charge is 0.573 e. The van der Waals surface area contributed by atoms with Gasteiger partial charge in [-0.2, -0.15) is 0 Å². The second-order valence-corrected chi connectivity index (χ2v) is 5.21. The van der Waals surface area contributed by atoms with Crippen LogP contribution in [-0.4, -0.2) is 48.1 Å². The van der Waals surface area contributed by atoms with E-state index in [1.54, 1.807) is 12.1 Å². The second kappa shape index (κ2) is 7.54. The average molecular weight is 331 g/mol. The molecule has 0 aliphatic carbocycles. The standard InChI is InChI=1S/C15H20F3N3O2/c1-2-19-14(21-8-7-12(22)10-21)20-9-11-5-3-4-6-13(11)23-15(16,17)18/h3-6,12,22H,2,7-10H2,1H3,(H,19,20)/t12-/m1/s1. The third-order valence-corrected chi connectivity index (χ3v) is 3.40. The molecule has 2 rings (SSSR count). The number of halogens is 3. The van der Waals surface area contributed by atoms with E-state index < -0.39 is 12.5 Å². The van der Waals surface area contributed by atoms with Crippen LogP contribution in [0.1, 0.15) is 18.9 Å². The van der Waals surface area contributed by atoms with Gasteiger partial charge in [0.05, 0.1) is 12.6 Å². The Kier molecular flexibility index (Phi) is 5.70. The minimum atomic E-state index is -4.73. The fraction of sp³-hybridized carbons (Fsp3) is 0.533. The lowest BCUT2D eigenvalue weighted by atomic mass is 10.2. The predicted octanol–water partition coefficient (Wildman–Crippen LogP) is 2.12. The normalized spacial score (nSPS) is 19.1. The Bertz CT molecular complexity index is 549. The van der Waals surface area contributed by atoms with Crippen LogP contribution in [0.15, 0.2) is 29.3 Å². The summed E-state index contributed by atoms with van der Waals surface area (Å²) in [7, 11) is 0. The molecule has 5 nitrogen and oxygen atoms in total. The van der Waals surface area contributed by atoms with Gasteiger partial charge in [0.1, 0.15) is 5.75 Å². The number of alkyl halides is 3. The predicted molar refractivity (Wildman–Crippen MR) is 80.1 cm³/mol. The van der Waals surface area contributed by atoms with Crippen molar-refractivity contribution in [1.82, 2.24) is 10.2 Å². The van der Waals surface area contributed by atoms with E-state index >= 15 is 0 Å². The van der Waals surface area contributed by atoms with Gasteiger partial charge in [-0.15, -0.1) is 13.2 Å². The zero-order valence-electron chi connectivity index (χ0n) is 12.8. The van der Waals surface area contributed by atoms with Gasteiger partial charge in [0.25, 0.3) is 0 Å². The number of aliphatic imine (C=N–C) groups is 1. The first-order chi connectivity index (χ1) is 10.9. The fourth-order valence-corrected chi connectivity index (χ4v) is 2.38. The summed E-state index contributed by atoms with van der Waals surface area (Å²) < 4.78 is 41.3. The molecule has 0 amide bonds. The van der Waals surface area contributed by atoms with Crippen molar-refractivity contribution in [2.75, 3.05) is 19.6 Å². The lowest BCUT2D eigenvalue weighted by molar-refractivity contribution is -0.274. The monoisotopic (exact) mass is 331 g/mol. The molecule has 1 fully saturated rings. The molecule has 23 heavy (non-hydrogen) atoms. The fourth-order valence-electron chi connectivity index (χ4n) is 2.38. The quantitative estimate of drug-likeness (QED) is 0.655. The number of aliphatic hydroxyl groups is 1. The number of guanidine groups is 1. The highest BCUT2D eigenvalue weighted by atomic mass is 19.4. The highest BCUT2D eigenvalue weighted by molar-refractivity contribution is 5.80. The third-order valence-electron chi connectivity index (χ3n) is 3.40. The molecule has 1 saturated heterocycles. The van der Waals surface area contributed by atoms with E-state index in [2.05, 4.69) is 15.0 Å². The zero-order chi connectivity index (χ0) is 16.9. The van der Waals surface area contributed by atoms with E-state index in [9.17, 15) is 18.3 Å². The van der Waals surface area contributed by atoms with Crippen molar-refractivity contribution in [1.29, 1.82) is 0 Å². The van der Waals surface area contributed by atoms with Crippen LogP contribution < -0.4 is 10.1 Å². The molecule has 1 aliphatic rings. The lowest BCUT2D eigenvalue weighted by Crippen LogP contribution is -2.40. The van der Waals surface area contributed by atoms with E-state index in [1.807, 2.05) is 11.8 Å². The van der Waals surface area contributed by atoms with Gasteiger partial charge in [-0.05, 0) is 19.4 Å². The van der Waals surface area contributed by atoms with Gasteiger partial charge < -0.3 is 20.1 Å². The number of hydrogen-bond acceptors (Lipinski definition) is 3. The highest BCUT2D eigenvalue weighted by Crippen LogP contribution is 2.26. The van der Waals surface area contributed by atoms with Gasteiger partial charge in [-0.1, -0.05) is 18.2 Å². The van der Waals surface area contributed by atoms with Crippen LogP contribution >= 0.6 is 0 Å². The summed E-state index contributed by atoms with van der Waals surface area (Å²) in [6.45, 7) is 3.72. The maximum atomic E-state index is 12.4. The van der Waals surface area contributed by atoms with Gasteiger partial charge >= 0.3 is 6.36 Å². The summed E-state index contributed by atoms with van der Waals surface area (Å²) in [6.07, 6.45) is -4.48. The Morgan fingerprint density at radius 1 is 1.43 bits per heavy atom. The van der Waals surface area contributed by atoms with Crippen molar-refractivity contribution < 1.29 is 23.0 Å². The molecule has 2 N–H and O–H groups in total. The molecule has 0 spiro atoms. The zero-order valence-corrected chi connectivity index (χ0v) is 12.8. The molecule has 0 bridgehead atoms. The summed E-state index contributed by atoms with van der Waals surface area (Å²) in [5.41, 5.74) is 0.347. The Labute approximate surface area is 132 Å². The lowest BCUT2D eigenvalue weighted by Gasteiger charge is -2.21. The van der Waals surface area contributed by atoms with Crippen molar-refractivity contribution in [3.05, 3.63) is 29.8 Å².